The predicted octanol–water partition coefficient (Wildman–Crippen LogP) is 9.72. The molecule has 0 unspecified atom stereocenters. The van der Waals surface area contributed by atoms with Crippen molar-refractivity contribution in [3.63, 3.8) is 0 Å². The number of phenols is 2. The number of methoxy groups -OCH3 is 1. The molecule has 0 radical (unpaired) electrons. The Labute approximate surface area is 313 Å². The van der Waals surface area contributed by atoms with Crippen LogP contribution >= 0.6 is 0 Å². The van der Waals surface area contributed by atoms with Crippen LogP contribution in [-0.2, 0) is 11.2 Å². The molecule has 5 aromatic rings. The van der Waals surface area contributed by atoms with E-state index in [0.717, 1.165) is 16.7 Å². The Bertz CT molecular complexity index is 1880. The number of ether oxygens (including phenoxy) is 1. The van der Waals surface area contributed by atoms with Crippen molar-refractivity contribution < 1.29 is 38.9 Å². The fraction of sp³-hybridized carbons (Fsp3) is 0.222. The molecule has 0 aliphatic carbocycles. The highest BCUT2D eigenvalue weighted by Crippen LogP contribution is 2.26. The lowest BCUT2D eigenvalue weighted by Gasteiger charge is -2.03. The van der Waals surface area contributed by atoms with Crippen molar-refractivity contribution in [1.82, 2.24) is 0 Å². The van der Waals surface area contributed by atoms with Crippen molar-refractivity contribution in [1.29, 1.82) is 0 Å². The van der Waals surface area contributed by atoms with Crippen LogP contribution in [-0.4, -0.2) is 46.2 Å². The Morgan fingerprint density at radius 1 is 0.491 bits per heavy atom. The highest BCUT2D eigenvalue weighted by Gasteiger charge is 2.05. The van der Waals surface area contributed by atoms with Gasteiger partial charge in [0.25, 0.3) is 0 Å². The Hall–Kier alpha value is -6.15. The minimum absolute atomic E-state index is 0.0440. The molecule has 8 heteroatoms. The number of ketones is 5. The van der Waals surface area contributed by atoms with Crippen LogP contribution in [0.5, 0.6) is 17.2 Å². The van der Waals surface area contributed by atoms with E-state index in [2.05, 4.69) is 0 Å². The molecule has 0 aliphatic heterocycles. The first kappa shape index (κ1) is 44.9. The van der Waals surface area contributed by atoms with E-state index < -0.39 is 0 Å². The zero-order chi connectivity index (χ0) is 40.1. The van der Waals surface area contributed by atoms with Crippen molar-refractivity contribution in [2.45, 2.75) is 61.8 Å². The van der Waals surface area contributed by atoms with Gasteiger partial charge in [-0.15, -0.1) is 0 Å². The number of carbonyl (C=O) groups excluding carboxylic acids is 5. The quantitative estimate of drug-likeness (QED) is 0.159. The molecule has 0 fully saturated rings. The summed E-state index contributed by atoms with van der Waals surface area (Å²) in [5, 5.41) is 18.2. The van der Waals surface area contributed by atoms with E-state index in [1.165, 1.54) is 55.8 Å². The lowest BCUT2D eigenvalue weighted by Crippen LogP contribution is -1.95. The first-order valence-electron chi connectivity index (χ1n) is 16.8. The highest BCUT2D eigenvalue weighted by atomic mass is 16.5. The maximum absolute atomic E-state index is 10.9. The summed E-state index contributed by atoms with van der Waals surface area (Å²) in [7, 11) is 1.44. The third-order valence-electron chi connectivity index (χ3n) is 7.36. The van der Waals surface area contributed by atoms with E-state index in [0.29, 0.717) is 23.3 Å². The molecule has 0 spiro atoms. The SMILES string of the molecule is CC(=O)Cc1ccc(C)cc1.CC(=O)c1ccc(C)cc1.CC(=O)c1ccc(C)cc1.CC(=O)c1ccccc1O.COc1cc(C(C)=O)ccc1O. The van der Waals surface area contributed by atoms with E-state index in [1.807, 2.05) is 93.6 Å². The number of hydrogen-bond acceptors (Lipinski definition) is 8. The smallest absolute Gasteiger partial charge is 0.163 e. The van der Waals surface area contributed by atoms with Gasteiger partial charge in [-0.3, -0.25) is 24.0 Å². The number of Topliss-reactive ketones (excluding diaryl/α,β-unsaturated/α-hetero) is 5. The Morgan fingerprint density at radius 3 is 1.23 bits per heavy atom. The average molecular weight is 719 g/mol. The van der Waals surface area contributed by atoms with Crippen molar-refractivity contribution in [3.8, 4) is 17.2 Å². The van der Waals surface area contributed by atoms with Gasteiger partial charge in [0.15, 0.2) is 34.6 Å². The lowest BCUT2D eigenvalue weighted by atomic mass is 10.1. The van der Waals surface area contributed by atoms with E-state index in [1.54, 1.807) is 45.0 Å². The number of rotatable bonds is 7. The summed E-state index contributed by atoms with van der Waals surface area (Å²) in [6, 6.07) is 34.2. The van der Waals surface area contributed by atoms with Crippen LogP contribution in [0.3, 0.4) is 0 Å². The zero-order valence-electron chi connectivity index (χ0n) is 32.0. The summed E-state index contributed by atoms with van der Waals surface area (Å²) in [5.74, 6) is 0.723. The van der Waals surface area contributed by atoms with Crippen LogP contribution in [0, 0.1) is 20.8 Å². The van der Waals surface area contributed by atoms with E-state index >= 15 is 0 Å². The summed E-state index contributed by atoms with van der Waals surface area (Å²) in [5.41, 5.74) is 7.18. The lowest BCUT2D eigenvalue weighted by molar-refractivity contribution is -0.116. The second kappa shape index (κ2) is 23.3. The van der Waals surface area contributed by atoms with Gasteiger partial charge in [-0.25, -0.2) is 0 Å². The van der Waals surface area contributed by atoms with Gasteiger partial charge in [-0.2, -0.15) is 0 Å². The standard InChI is InChI=1S/C10H12O.C9H10O3.2C9H10O.C8H8O2/c1-8-3-5-10(6-4-8)7-9(2)11;1-6(10)7-3-4-8(11)9(5-7)12-2;2*1-7-3-5-9(6-4-7)8(2)10;1-6(9)7-4-2-3-5-8(7)10/h3-6H,7H2,1-2H3;3-5,11H,1-2H3;2*3-6H,1-2H3;2-5,10H,1H3. The van der Waals surface area contributed by atoms with Crippen molar-refractivity contribution in [2.24, 2.45) is 0 Å². The summed E-state index contributed by atoms with van der Waals surface area (Å²) in [4.78, 5) is 53.8. The third-order valence-corrected chi connectivity index (χ3v) is 7.36. The molecule has 2 N–H and O–H groups in total. The van der Waals surface area contributed by atoms with Crippen molar-refractivity contribution >= 4 is 28.9 Å². The van der Waals surface area contributed by atoms with Crippen molar-refractivity contribution in [2.75, 3.05) is 7.11 Å². The molecule has 0 aromatic heterocycles. The number of aryl methyl sites for hydroxylation is 3. The van der Waals surface area contributed by atoms with Gasteiger partial charge in [-0.05, 0) is 91.3 Å². The minimum Gasteiger partial charge on any atom is -0.507 e. The largest absolute Gasteiger partial charge is 0.507 e. The van der Waals surface area contributed by atoms with Crippen LogP contribution in [0.4, 0.5) is 0 Å². The molecular formula is C45H50O8. The van der Waals surface area contributed by atoms with E-state index in [-0.39, 0.29) is 40.4 Å². The summed E-state index contributed by atoms with van der Waals surface area (Å²) in [6.45, 7) is 13.7. The van der Waals surface area contributed by atoms with Gasteiger partial charge in [0.1, 0.15) is 11.5 Å². The number of para-hydroxylation sites is 1. The van der Waals surface area contributed by atoms with Crippen LogP contribution in [0.25, 0.3) is 0 Å². The average Bonchev–Trinajstić information content (AvgIpc) is 3.11. The number of carbonyl (C=O) groups is 5. The molecule has 0 saturated heterocycles. The summed E-state index contributed by atoms with van der Waals surface area (Å²) in [6.07, 6.45) is 0.556. The number of aromatic hydroxyl groups is 2. The molecule has 0 atom stereocenters. The first-order valence-corrected chi connectivity index (χ1v) is 16.8. The molecule has 0 aliphatic rings. The maximum Gasteiger partial charge on any atom is 0.163 e. The molecule has 8 nitrogen and oxygen atoms in total. The molecule has 0 heterocycles. The predicted molar refractivity (Wildman–Crippen MR) is 211 cm³/mol. The molecule has 0 bridgehead atoms. The molecule has 5 aromatic carbocycles. The molecule has 278 valence electrons. The molecular weight excluding hydrogens is 668 g/mol. The molecule has 53 heavy (non-hydrogen) atoms. The second-order valence-corrected chi connectivity index (χ2v) is 12.2. The Kier molecular flexibility index (Phi) is 19.8. The van der Waals surface area contributed by atoms with Gasteiger partial charge in [0.05, 0.1) is 12.7 Å². The van der Waals surface area contributed by atoms with Gasteiger partial charge in [-0.1, -0.05) is 102 Å². The van der Waals surface area contributed by atoms with Crippen LogP contribution in [0.15, 0.2) is 115 Å². The Morgan fingerprint density at radius 2 is 0.887 bits per heavy atom. The topological polar surface area (TPSA) is 135 Å². The van der Waals surface area contributed by atoms with E-state index in [9.17, 15) is 29.1 Å². The highest BCUT2D eigenvalue weighted by molar-refractivity contribution is 5.97. The number of phenolic OH excluding ortho intramolecular Hbond substituents is 2. The van der Waals surface area contributed by atoms with Gasteiger partial charge < -0.3 is 14.9 Å². The van der Waals surface area contributed by atoms with Gasteiger partial charge in [0.2, 0.25) is 0 Å². The van der Waals surface area contributed by atoms with E-state index in [4.69, 9.17) is 9.84 Å². The van der Waals surface area contributed by atoms with Gasteiger partial charge in [0, 0.05) is 23.1 Å². The monoisotopic (exact) mass is 718 g/mol. The molecule has 5 rings (SSSR count). The van der Waals surface area contributed by atoms with Crippen LogP contribution < -0.4 is 4.74 Å². The Balaban J connectivity index is 0.000000332. The number of hydrogen-bond donors (Lipinski definition) is 2. The van der Waals surface area contributed by atoms with Gasteiger partial charge >= 0.3 is 0 Å². The molecule has 0 saturated carbocycles. The fourth-order valence-electron chi connectivity index (χ4n) is 4.24. The third kappa shape index (κ3) is 18.1. The van der Waals surface area contributed by atoms with Crippen LogP contribution in [0.1, 0.15) is 98.3 Å². The maximum atomic E-state index is 10.9. The first-order chi connectivity index (χ1) is 24.9. The summed E-state index contributed by atoms with van der Waals surface area (Å²) < 4.78 is 4.83. The number of benzene rings is 5. The molecule has 0 amide bonds. The second-order valence-electron chi connectivity index (χ2n) is 12.2. The van der Waals surface area contributed by atoms with Crippen molar-refractivity contribution in [3.05, 3.63) is 160 Å². The fourth-order valence-corrected chi connectivity index (χ4v) is 4.24. The summed E-state index contributed by atoms with van der Waals surface area (Å²) >= 11 is 0. The normalized spacial score (nSPS) is 9.45. The van der Waals surface area contributed by atoms with Crippen LogP contribution in [0.2, 0.25) is 0 Å². The zero-order valence-corrected chi connectivity index (χ0v) is 32.0. The minimum atomic E-state index is -0.113.